The Hall–Kier alpha value is -4.19. The Labute approximate surface area is 354 Å². The SMILES string of the molecule is CI.CNC(=O)c1c(-c2ccc(F)cc2F)oc2cc(N(C)S(C)(=O)=O)c(Br)cc12.CNC(=O)c1c(-c2ccc(F)cc2F)oc2cc(NS(C)(=O)=O)c(Br)cc12. The number of benzene rings is 4. The van der Waals surface area contributed by atoms with Gasteiger partial charge in [-0.05, 0) is 73.2 Å². The van der Waals surface area contributed by atoms with Crippen molar-refractivity contribution in [3.05, 3.63) is 104 Å². The molecule has 21 heteroatoms. The Bertz CT molecular complexity index is 2770. The predicted molar refractivity (Wildman–Crippen MR) is 227 cm³/mol. The van der Waals surface area contributed by atoms with Crippen molar-refractivity contribution < 1.29 is 52.8 Å². The smallest absolute Gasteiger partial charge is 0.255 e. The molecule has 0 aliphatic carbocycles. The third-order valence-electron chi connectivity index (χ3n) is 7.93. The van der Waals surface area contributed by atoms with E-state index in [-0.39, 0.29) is 56.3 Å². The molecule has 0 aliphatic rings. The molecule has 0 saturated heterocycles. The quantitative estimate of drug-likeness (QED) is 0.0773. The summed E-state index contributed by atoms with van der Waals surface area (Å²) < 4.78 is 117. The molecule has 6 aromatic rings. The molecule has 0 spiro atoms. The van der Waals surface area contributed by atoms with Gasteiger partial charge in [-0.1, -0.05) is 22.6 Å². The van der Waals surface area contributed by atoms with Gasteiger partial charge in [0, 0.05) is 65.1 Å². The third kappa shape index (κ3) is 10.1. The number of rotatable bonds is 8. The van der Waals surface area contributed by atoms with Crippen LogP contribution in [-0.2, 0) is 20.0 Å². The molecule has 2 aromatic heterocycles. The number of carbonyl (C=O) groups is 2. The second-order valence-electron chi connectivity index (χ2n) is 11.8. The summed E-state index contributed by atoms with van der Waals surface area (Å²) in [6.07, 6.45) is 2.03. The number of anilines is 2. The van der Waals surface area contributed by atoms with Crippen molar-refractivity contribution in [3.8, 4) is 22.6 Å². The Morgan fingerprint density at radius 2 is 1.11 bits per heavy atom. The van der Waals surface area contributed by atoms with Gasteiger partial charge in [-0.25, -0.2) is 34.4 Å². The molecular formula is C36H31Br2F4IN4O8S2. The van der Waals surface area contributed by atoms with Gasteiger partial charge in [0.15, 0.2) is 11.5 Å². The van der Waals surface area contributed by atoms with Gasteiger partial charge in [0.25, 0.3) is 11.8 Å². The number of hydrogen-bond donors (Lipinski definition) is 3. The molecule has 0 unspecified atom stereocenters. The molecule has 0 fully saturated rings. The van der Waals surface area contributed by atoms with E-state index in [4.69, 9.17) is 8.83 Å². The highest BCUT2D eigenvalue weighted by molar-refractivity contribution is 14.1. The largest absolute Gasteiger partial charge is 0.455 e. The number of nitrogens with one attached hydrogen (secondary N) is 3. The lowest BCUT2D eigenvalue weighted by molar-refractivity contribution is 0.0956. The standard InChI is InChI=1S/C18H15BrF2N2O4S.C17H13BrF2N2O4S.CH3I/c1-22-18(24)16-11-7-12(19)14(23(2)28(3,25)26)8-15(11)27-17(16)10-5-4-9(20)6-13(10)21;1-21-17(23)15-10-6-11(18)13(22-27(2,24)25)7-14(10)26-16(15)9-4-3-8(19)5-12(9)20;1-2/h4-8H,1-3H3,(H,22,24);3-7,22H,1-2H3,(H,21,23);1H3. The second-order valence-corrected chi connectivity index (χ2v) is 17.2. The van der Waals surface area contributed by atoms with Gasteiger partial charge < -0.3 is 19.5 Å². The normalized spacial score (nSPS) is 11.3. The van der Waals surface area contributed by atoms with Gasteiger partial charge in [-0.3, -0.25) is 18.6 Å². The lowest BCUT2D eigenvalue weighted by Gasteiger charge is -2.18. The first-order valence-electron chi connectivity index (χ1n) is 15.8. The third-order valence-corrected chi connectivity index (χ3v) is 11.0. The molecule has 6 rings (SSSR count). The maximum absolute atomic E-state index is 14.3. The van der Waals surface area contributed by atoms with Crippen LogP contribution in [0.25, 0.3) is 44.6 Å². The predicted octanol–water partition coefficient (Wildman–Crippen LogP) is 8.82. The molecule has 304 valence electrons. The van der Waals surface area contributed by atoms with Crippen LogP contribution in [0.3, 0.4) is 0 Å². The Balaban J connectivity index is 0.000000242. The van der Waals surface area contributed by atoms with Crippen molar-refractivity contribution in [1.29, 1.82) is 0 Å². The fourth-order valence-corrected chi connectivity index (χ4v) is 7.72. The van der Waals surface area contributed by atoms with E-state index in [1.165, 1.54) is 57.5 Å². The van der Waals surface area contributed by atoms with Crippen molar-refractivity contribution in [1.82, 2.24) is 10.6 Å². The van der Waals surface area contributed by atoms with Crippen LogP contribution in [0.5, 0.6) is 0 Å². The zero-order valence-corrected chi connectivity index (χ0v) is 37.4. The summed E-state index contributed by atoms with van der Waals surface area (Å²) in [7, 11) is -2.93. The van der Waals surface area contributed by atoms with E-state index in [9.17, 15) is 44.0 Å². The fraction of sp³-hybridized carbons (Fsp3) is 0.167. The topological polar surface area (TPSA) is 168 Å². The summed E-state index contributed by atoms with van der Waals surface area (Å²) in [5, 5.41) is 5.59. The Morgan fingerprint density at radius 3 is 1.49 bits per heavy atom. The van der Waals surface area contributed by atoms with Crippen LogP contribution in [0.4, 0.5) is 28.9 Å². The van der Waals surface area contributed by atoms with Crippen molar-refractivity contribution in [2.45, 2.75) is 0 Å². The first-order chi connectivity index (χ1) is 26.6. The van der Waals surface area contributed by atoms with Gasteiger partial charge in [0.1, 0.15) is 34.4 Å². The van der Waals surface area contributed by atoms with E-state index in [0.717, 1.165) is 28.9 Å². The van der Waals surface area contributed by atoms with Gasteiger partial charge in [0.05, 0.1) is 46.1 Å². The number of carbonyl (C=O) groups excluding carboxylic acids is 2. The van der Waals surface area contributed by atoms with E-state index >= 15 is 0 Å². The van der Waals surface area contributed by atoms with Crippen molar-refractivity contribution in [2.24, 2.45) is 0 Å². The molecule has 3 N–H and O–H groups in total. The van der Waals surface area contributed by atoms with E-state index < -0.39 is 55.1 Å². The summed E-state index contributed by atoms with van der Waals surface area (Å²) in [6.45, 7) is 0. The van der Waals surface area contributed by atoms with Gasteiger partial charge >= 0.3 is 0 Å². The summed E-state index contributed by atoms with van der Waals surface area (Å²) in [5.41, 5.74) is 0.700. The zero-order valence-electron chi connectivity index (χ0n) is 30.4. The van der Waals surface area contributed by atoms with E-state index in [2.05, 4.69) is 69.8 Å². The summed E-state index contributed by atoms with van der Waals surface area (Å²) in [5.74, 6) is -4.57. The molecular weight excluding hydrogens is 1040 g/mol. The molecule has 0 atom stereocenters. The summed E-state index contributed by atoms with van der Waals surface area (Å²) in [4.78, 5) is 26.8. The summed E-state index contributed by atoms with van der Waals surface area (Å²) in [6, 6.07) is 11.6. The van der Waals surface area contributed by atoms with Gasteiger partial charge in [-0.15, -0.1) is 0 Å². The van der Waals surface area contributed by atoms with Crippen LogP contribution < -0.4 is 19.7 Å². The van der Waals surface area contributed by atoms with Crippen LogP contribution in [0, 0.1) is 23.3 Å². The van der Waals surface area contributed by atoms with Crippen LogP contribution in [-0.4, -0.2) is 67.2 Å². The molecule has 0 aliphatic heterocycles. The first kappa shape index (κ1) is 45.5. The van der Waals surface area contributed by atoms with Crippen LogP contribution in [0.15, 0.2) is 78.4 Å². The lowest BCUT2D eigenvalue weighted by atomic mass is 10.0. The lowest BCUT2D eigenvalue weighted by Crippen LogP contribution is -2.25. The Kier molecular flexibility index (Phi) is 14.5. The molecule has 0 radical (unpaired) electrons. The summed E-state index contributed by atoms with van der Waals surface area (Å²) >= 11 is 8.69. The average molecular weight is 1070 g/mol. The molecule has 0 saturated carbocycles. The van der Waals surface area contributed by atoms with E-state index in [1.807, 2.05) is 4.93 Å². The highest BCUT2D eigenvalue weighted by Gasteiger charge is 2.27. The molecule has 2 heterocycles. The van der Waals surface area contributed by atoms with Gasteiger partial charge in [0.2, 0.25) is 20.0 Å². The highest BCUT2D eigenvalue weighted by atomic mass is 127. The molecule has 4 aromatic carbocycles. The van der Waals surface area contributed by atoms with Crippen molar-refractivity contribution in [3.63, 3.8) is 0 Å². The number of halogens is 7. The number of alkyl halides is 1. The zero-order chi connectivity index (χ0) is 42.7. The first-order valence-corrected chi connectivity index (χ1v) is 23.3. The average Bonchev–Trinajstić information content (AvgIpc) is 3.68. The number of fused-ring (bicyclic) bond motifs is 2. The van der Waals surface area contributed by atoms with Crippen LogP contribution in [0.1, 0.15) is 20.7 Å². The maximum atomic E-state index is 14.3. The molecule has 0 bridgehead atoms. The van der Waals surface area contributed by atoms with Crippen LogP contribution in [0.2, 0.25) is 0 Å². The minimum Gasteiger partial charge on any atom is -0.455 e. The van der Waals surface area contributed by atoms with E-state index in [1.54, 1.807) is 0 Å². The number of furan rings is 2. The monoisotopic (exact) mass is 1070 g/mol. The Morgan fingerprint density at radius 1 is 0.684 bits per heavy atom. The number of nitrogens with zero attached hydrogens (tertiary/aromatic N) is 1. The van der Waals surface area contributed by atoms with Crippen molar-refractivity contribution in [2.75, 3.05) is 47.6 Å². The van der Waals surface area contributed by atoms with Crippen LogP contribution >= 0.6 is 54.5 Å². The number of amides is 2. The molecule has 2 amide bonds. The van der Waals surface area contributed by atoms with Crippen molar-refractivity contribution >= 4 is 120 Å². The minimum absolute atomic E-state index is 0.0459. The highest BCUT2D eigenvalue weighted by Crippen LogP contribution is 2.41. The second kappa shape index (κ2) is 18.2. The number of hydrogen-bond acceptors (Lipinski definition) is 8. The fourth-order valence-electron chi connectivity index (χ4n) is 5.35. The van der Waals surface area contributed by atoms with E-state index in [0.29, 0.717) is 31.9 Å². The minimum atomic E-state index is -3.56. The molecule has 12 nitrogen and oxygen atoms in total. The molecule has 57 heavy (non-hydrogen) atoms. The number of sulfonamides is 2. The van der Waals surface area contributed by atoms with Gasteiger partial charge in [-0.2, -0.15) is 0 Å². The maximum Gasteiger partial charge on any atom is 0.255 e.